The van der Waals surface area contributed by atoms with Gasteiger partial charge in [-0.3, -0.25) is 4.79 Å². The van der Waals surface area contributed by atoms with Gasteiger partial charge in [-0.05, 0) is 0 Å². The van der Waals surface area contributed by atoms with E-state index in [0.717, 1.165) is 0 Å². The number of Topliss-reactive ketones (excluding diaryl/α,β-unsaturated/α-hetero) is 1. The number of methoxy groups -OCH3 is 1. The number of hydrogen-bond donors (Lipinski definition) is 2. The highest BCUT2D eigenvalue weighted by Crippen LogP contribution is 2.23. The van der Waals surface area contributed by atoms with E-state index < -0.39 is 37.4 Å². The maximum absolute atomic E-state index is 11.8. The zero-order valence-corrected chi connectivity index (χ0v) is 12.5. The molecule has 2 rings (SSSR count). The molecule has 0 saturated carbocycles. The third kappa shape index (κ3) is 4.49. The minimum atomic E-state index is -1.49. The van der Waals surface area contributed by atoms with Crippen LogP contribution in [0, 0.1) is 0 Å². The van der Waals surface area contributed by atoms with Crippen molar-refractivity contribution in [2.24, 2.45) is 0 Å². The van der Waals surface area contributed by atoms with E-state index in [4.69, 9.17) is 18.9 Å². The number of ketones is 1. The van der Waals surface area contributed by atoms with Gasteiger partial charge in [-0.1, -0.05) is 30.3 Å². The lowest BCUT2D eigenvalue weighted by Crippen LogP contribution is -2.39. The number of ether oxygens (including phenoxy) is 4. The summed E-state index contributed by atoms with van der Waals surface area (Å²) in [5.41, 5.74) is 0.400. The van der Waals surface area contributed by atoms with E-state index in [1.54, 1.807) is 30.3 Å². The predicted molar refractivity (Wildman–Crippen MR) is 75.8 cm³/mol. The molecule has 4 atom stereocenters. The van der Waals surface area contributed by atoms with Gasteiger partial charge < -0.3 is 29.2 Å². The molecule has 0 aromatic heterocycles. The number of aliphatic hydroxyl groups excluding tert-OH is 2. The van der Waals surface area contributed by atoms with Gasteiger partial charge in [0.15, 0.2) is 24.8 Å². The number of hydrogen-bond acceptors (Lipinski definition) is 8. The first kappa shape index (κ1) is 17.4. The summed E-state index contributed by atoms with van der Waals surface area (Å²) >= 11 is 0. The second kappa shape index (κ2) is 8.02. The number of benzene rings is 1. The van der Waals surface area contributed by atoms with Gasteiger partial charge in [0.25, 0.3) is 0 Å². The van der Waals surface area contributed by atoms with Gasteiger partial charge in [0.1, 0.15) is 12.2 Å². The Kier molecular flexibility index (Phi) is 6.05. The smallest absolute Gasteiger partial charge is 0.426 e. The van der Waals surface area contributed by atoms with Gasteiger partial charge in [0, 0.05) is 12.7 Å². The lowest BCUT2D eigenvalue weighted by molar-refractivity contribution is -0.134. The SMILES string of the molecule is COC[C@H]1O[C@H](O)[C@H](O)[C@H]1OC(=O)OCC(=O)c1ccccc1. The minimum absolute atomic E-state index is 0.00894. The molecule has 1 heterocycles. The van der Waals surface area contributed by atoms with Crippen molar-refractivity contribution in [3.63, 3.8) is 0 Å². The molecule has 0 amide bonds. The fraction of sp³-hybridized carbons (Fsp3) is 0.467. The molecule has 1 fully saturated rings. The van der Waals surface area contributed by atoms with Crippen molar-refractivity contribution in [2.45, 2.75) is 24.6 Å². The van der Waals surface area contributed by atoms with E-state index in [9.17, 15) is 19.8 Å². The maximum Gasteiger partial charge on any atom is 0.509 e. The maximum atomic E-state index is 11.8. The Labute approximate surface area is 132 Å². The normalized spacial score (nSPS) is 26.7. The van der Waals surface area contributed by atoms with Gasteiger partial charge in [0.05, 0.1) is 6.61 Å². The summed E-state index contributed by atoms with van der Waals surface area (Å²) in [5, 5.41) is 19.2. The number of carbonyl (C=O) groups excluding carboxylic acids is 2. The molecule has 8 nitrogen and oxygen atoms in total. The van der Waals surface area contributed by atoms with Crippen molar-refractivity contribution in [3.8, 4) is 0 Å². The molecule has 23 heavy (non-hydrogen) atoms. The third-order valence-electron chi connectivity index (χ3n) is 3.29. The highest BCUT2D eigenvalue weighted by Gasteiger charge is 2.46. The van der Waals surface area contributed by atoms with Crippen LogP contribution in [-0.2, 0) is 18.9 Å². The van der Waals surface area contributed by atoms with E-state index in [1.165, 1.54) is 7.11 Å². The fourth-order valence-corrected chi connectivity index (χ4v) is 2.14. The molecule has 1 aliphatic heterocycles. The van der Waals surface area contributed by atoms with Crippen LogP contribution in [0.1, 0.15) is 10.4 Å². The highest BCUT2D eigenvalue weighted by atomic mass is 16.7. The van der Waals surface area contributed by atoms with Gasteiger partial charge >= 0.3 is 6.16 Å². The zero-order valence-electron chi connectivity index (χ0n) is 12.5. The van der Waals surface area contributed by atoms with Crippen LogP contribution in [0.5, 0.6) is 0 Å². The van der Waals surface area contributed by atoms with Crippen molar-refractivity contribution < 1.29 is 38.7 Å². The van der Waals surface area contributed by atoms with Crippen LogP contribution >= 0.6 is 0 Å². The van der Waals surface area contributed by atoms with Crippen LogP contribution in [0.15, 0.2) is 30.3 Å². The minimum Gasteiger partial charge on any atom is -0.426 e. The second-order valence-corrected chi connectivity index (χ2v) is 4.92. The topological polar surface area (TPSA) is 112 Å². The monoisotopic (exact) mass is 326 g/mol. The molecule has 0 radical (unpaired) electrons. The fourth-order valence-electron chi connectivity index (χ4n) is 2.14. The van der Waals surface area contributed by atoms with Gasteiger partial charge in [-0.15, -0.1) is 0 Å². The predicted octanol–water partition coefficient (Wildman–Crippen LogP) is 0.116. The third-order valence-corrected chi connectivity index (χ3v) is 3.29. The Morgan fingerprint density at radius 3 is 2.57 bits per heavy atom. The molecule has 0 aliphatic carbocycles. The van der Waals surface area contributed by atoms with Crippen LogP contribution in [-0.4, -0.2) is 67.1 Å². The second-order valence-electron chi connectivity index (χ2n) is 4.92. The molecule has 1 saturated heterocycles. The largest absolute Gasteiger partial charge is 0.509 e. The molecule has 1 aliphatic rings. The molecular formula is C15H18O8. The highest BCUT2D eigenvalue weighted by molar-refractivity contribution is 5.97. The van der Waals surface area contributed by atoms with Crippen molar-refractivity contribution >= 4 is 11.9 Å². The molecule has 2 N–H and O–H groups in total. The average molecular weight is 326 g/mol. The molecule has 0 spiro atoms. The van der Waals surface area contributed by atoms with Crippen LogP contribution in [0.2, 0.25) is 0 Å². The van der Waals surface area contributed by atoms with Gasteiger partial charge in [0.2, 0.25) is 0 Å². The van der Waals surface area contributed by atoms with Crippen LogP contribution in [0.3, 0.4) is 0 Å². The standard InChI is InChI=1S/C15H18O8/c1-20-8-11-13(12(17)14(18)22-11)23-15(19)21-7-10(16)9-5-3-2-4-6-9/h2-6,11-14,17-18H,7-8H2,1H3/t11-,12-,13+,14+/m1/s1. The molecule has 1 aromatic rings. The van der Waals surface area contributed by atoms with Crippen molar-refractivity contribution in [1.82, 2.24) is 0 Å². The Hall–Kier alpha value is -2.00. The van der Waals surface area contributed by atoms with Gasteiger partial charge in [-0.25, -0.2) is 4.79 Å². The van der Waals surface area contributed by atoms with Crippen LogP contribution in [0.4, 0.5) is 4.79 Å². The Bertz CT molecular complexity index is 532. The lowest BCUT2D eigenvalue weighted by atomic mass is 10.1. The summed E-state index contributed by atoms with van der Waals surface area (Å²) in [5.74, 6) is -0.390. The van der Waals surface area contributed by atoms with Crippen LogP contribution < -0.4 is 0 Å². The van der Waals surface area contributed by atoms with E-state index >= 15 is 0 Å². The van der Waals surface area contributed by atoms with Crippen molar-refractivity contribution in [3.05, 3.63) is 35.9 Å². The quantitative estimate of drug-likeness (QED) is 0.560. The molecule has 8 heteroatoms. The van der Waals surface area contributed by atoms with Gasteiger partial charge in [-0.2, -0.15) is 0 Å². The molecular weight excluding hydrogens is 308 g/mol. The average Bonchev–Trinajstić information content (AvgIpc) is 2.81. The summed E-state index contributed by atoms with van der Waals surface area (Å²) in [6.45, 7) is -0.487. The first-order valence-electron chi connectivity index (χ1n) is 6.95. The van der Waals surface area contributed by atoms with E-state index in [2.05, 4.69) is 0 Å². The first-order chi connectivity index (χ1) is 11.0. The zero-order chi connectivity index (χ0) is 16.8. The summed E-state index contributed by atoms with van der Waals surface area (Å²) < 4.78 is 19.5. The Balaban J connectivity index is 1.85. The Morgan fingerprint density at radius 1 is 1.22 bits per heavy atom. The Morgan fingerprint density at radius 2 is 1.91 bits per heavy atom. The molecule has 0 bridgehead atoms. The number of carbonyl (C=O) groups is 2. The van der Waals surface area contributed by atoms with Crippen molar-refractivity contribution in [1.29, 1.82) is 0 Å². The van der Waals surface area contributed by atoms with E-state index in [1.807, 2.05) is 0 Å². The summed E-state index contributed by atoms with van der Waals surface area (Å²) in [6.07, 6.45) is -6.03. The van der Waals surface area contributed by atoms with Crippen molar-refractivity contribution in [2.75, 3.05) is 20.3 Å². The summed E-state index contributed by atoms with van der Waals surface area (Å²) in [4.78, 5) is 23.5. The molecule has 1 aromatic carbocycles. The summed E-state index contributed by atoms with van der Waals surface area (Å²) in [7, 11) is 1.40. The number of rotatable bonds is 6. The first-order valence-corrected chi connectivity index (χ1v) is 6.95. The van der Waals surface area contributed by atoms with Crippen LogP contribution in [0.25, 0.3) is 0 Å². The lowest BCUT2D eigenvalue weighted by Gasteiger charge is -2.19. The molecule has 126 valence electrons. The number of aliphatic hydroxyl groups is 2. The summed E-state index contributed by atoms with van der Waals surface area (Å²) in [6, 6.07) is 8.32. The van der Waals surface area contributed by atoms with E-state index in [0.29, 0.717) is 5.56 Å². The molecule has 0 unspecified atom stereocenters. The van der Waals surface area contributed by atoms with E-state index in [-0.39, 0.29) is 12.4 Å².